The van der Waals surface area contributed by atoms with E-state index in [9.17, 15) is 9.18 Å². The minimum Gasteiger partial charge on any atom is -0.402 e. The van der Waals surface area contributed by atoms with Crippen LogP contribution >= 0.6 is 0 Å². The zero-order chi connectivity index (χ0) is 17.4. The summed E-state index contributed by atoms with van der Waals surface area (Å²) in [5, 5.41) is 11.6. The number of hydrogen-bond acceptors (Lipinski definition) is 5. The maximum atomic E-state index is 13.0. The maximum absolute atomic E-state index is 13.0. The molecule has 2 aromatic rings. The number of fused-ring (bicyclic) bond motifs is 1. The second kappa shape index (κ2) is 5.92. The van der Waals surface area contributed by atoms with Gasteiger partial charge in [0, 0.05) is 34.8 Å². The Morgan fingerprint density at radius 1 is 1.46 bits per heavy atom. The van der Waals surface area contributed by atoms with Crippen LogP contribution < -0.4 is 16.8 Å². The average Bonchev–Trinajstić information content (AvgIpc) is 3.24. The van der Waals surface area contributed by atoms with Gasteiger partial charge in [-0.3, -0.25) is 4.79 Å². The van der Waals surface area contributed by atoms with Crippen LogP contribution in [0.2, 0.25) is 0 Å². The van der Waals surface area contributed by atoms with E-state index >= 15 is 0 Å². The molecule has 0 saturated heterocycles. The smallest absolute Gasteiger partial charge is 0.231 e. The van der Waals surface area contributed by atoms with Gasteiger partial charge in [0.2, 0.25) is 5.91 Å². The molecule has 1 aromatic heterocycles. The Bertz CT molecular complexity index is 873. The monoisotopic (exact) mass is 327 g/mol. The number of pyridine rings is 1. The molecule has 1 heterocycles. The van der Waals surface area contributed by atoms with Crippen molar-refractivity contribution in [3.05, 3.63) is 35.7 Å². The molecule has 6 N–H and O–H groups in total. The number of nitrogen functional groups attached to an aromatic ring is 1. The molecule has 0 bridgehead atoms. The second-order valence-electron chi connectivity index (χ2n) is 5.94. The standard InChI is InChI=1S/C17H18FN5O/c1-8(20)12(6-19)9-2-10-4-16(22-7-13(10)15(21)3-9)23-17(24)11-5-14(11)18/h2-4,6-7,11,14,19H,5,20-21H2,1H3,(H,22,23,24)/b12-8+,19-6?/t11-,14+/m1/s1. The lowest BCUT2D eigenvalue weighted by Gasteiger charge is -2.10. The first kappa shape index (κ1) is 15.9. The third kappa shape index (κ3) is 2.92. The van der Waals surface area contributed by atoms with E-state index in [-0.39, 0.29) is 12.3 Å². The van der Waals surface area contributed by atoms with Gasteiger partial charge in [0.15, 0.2) is 0 Å². The quantitative estimate of drug-likeness (QED) is 0.509. The number of anilines is 2. The van der Waals surface area contributed by atoms with Gasteiger partial charge in [0.05, 0.1) is 5.92 Å². The second-order valence-corrected chi connectivity index (χ2v) is 5.94. The maximum Gasteiger partial charge on any atom is 0.231 e. The van der Waals surface area contributed by atoms with Gasteiger partial charge >= 0.3 is 0 Å². The lowest BCUT2D eigenvalue weighted by atomic mass is 10.00. The van der Waals surface area contributed by atoms with Gasteiger partial charge < -0.3 is 22.2 Å². The number of benzene rings is 1. The predicted molar refractivity (Wildman–Crippen MR) is 93.4 cm³/mol. The van der Waals surface area contributed by atoms with E-state index in [0.29, 0.717) is 28.3 Å². The van der Waals surface area contributed by atoms with E-state index in [0.717, 1.165) is 10.8 Å². The number of carbonyl (C=O) groups is 1. The van der Waals surface area contributed by atoms with Crippen molar-refractivity contribution in [1.82, 2.24) is 4.98 Å². The highest BCUT2D eigenvalue weighted by atomic mass is 19.1. The molecule has 7 heteroatoms. The lowest BCUT2D eigenvalue weighted by Crippen LogP contribution is -2.15. The predicted octanol–water partition coefficient (Wildman–Crippen LogP) is 2.45. The number of halogens is 1. The van der Waals surface area contributed by atoms with Crippen LogP contribution in [0.3, 0.4) is 0 Å². The van der Waals surface area contributed by atoms with Crippen LogP contribution in [0.5, 0.6) is 0 Å². The largest absolute Gasteiger partial charge is 0.402 e. The molecule has 0 spiro atoms. The van der Waals surface area contributed by atoms with Gasteiger partial charge in [-0.1, -0.05) is 0 Å². The Morgan fingerprint density at radius 2 is 2.17 bits per heavy atom. The van der Waals surface area contributed by atoms with E-state index in [4.69, 9.17) is 16.9 Å². The number of hydrogen-bond donors (Lipinski definition) is 4. The summed E-state index contributed by atoms with van der Waals surface area (Å²) in [5.74, 6) is -0.601. The summed E-state index contributed by atoms with van der Waals surface area (Å²) in [4.78, 5) is 16.0. The number of allylic oxidation sites excluding steroid dienone is 2. The van der Waals surface area contributed by atoms with E-state index in [2.05, 4.69) is 10.3 Å². The van der Waals surface area contributed by atoms with Crippen molar-refractivity contribution in [2.75, 3.05) is 11.1 Å². The van der Waals surface area contributed by atoms with Crippen molar-refractivity contribution < 1.29 is 9.18 Å². The number of nitrogens with zero attached hydrogens (tertiary/aromatic N) is 1. The van der Waals surface area contributed by atoms with E-state index in [1.54, 1.807) is 25.3 Å². The van der Waals surface area contributed by atoms with Gasteiger partial charge in [-0.2, -0.15) is 0 Å². The van der Waals surface area contributed by atoms with Crippen LogP contribution in [0.4, 0.5) is 15.9 Å². The van der Waals surface area contributed by atoms with Crippen LogP contribution in [-0.2, 0) is 4.79 Å². The molecule has 1 aromatic carbocycles. The van der Waals surface area contributed by atoms with Crippen molar-refractivity contribution in [3.8, 4) is 0 Å². The number of aromatic nitrogens is 1. The first-order valence-electron chi connectivity index (χ1n) is 7.52. The molecule has 0 unspecified atom stereocenters. The molecule has 1 fully saturated rings. The fourth-order valence-corrected chi connectivity index (χ4v) is 2.59. The summed E-state index contributed by atoms with van der Waals surface area (Å²) < 4.78 is 13.0. The molecule has 0 aliphatic heterocycles. The molecular weight excluding hydrogens is 309 g/mol. The van der Waals surface area contributed by atoms with Gasteiger partial charge in [-0.25, -0.2) is 9.37 Å². The molecule has 1 amide bonds. The fraction of sp³-hybridized carbons (Fsp3) is 0.235. The number of nitrogens with two attached hydrogens (primary N) is 2. The summed E-state index contributed by atoms with van der Waals surface area (Å²) in [5.41, 5.74) is 14.2. The number of rotatable bonds is 4. The Labute approximate surface area is 138 Å². The third-order valence-electron chi connectivity index (χ3n) is 4.05. The topological polar surface area (TPSA) is 118 Å². The molecule has 124 valence electrons. The Kier molecular flexibility index (Phi) is 3.92. The van der Waals surface area contributed by atoms with Crippen LogP contribution in [0.25, 0.3) is 16.3 Å². The minimum absolute atomic E-state index is 0.264. The highest BCUT2D eigenvalue weighted by molar-refractivity contribution is 6.11. The number of nitrogens with one attached hydrogen (secondary N) is 2. The molecule has 2 atom stereocenters. The summed E-state index contributed by atoms with van der Waals surface area (Å²) >= 11 is 0. The zero-order valence-corrected chi connectivity index (χ0v) is 13.1. The Hall–Kier alpha value is -2.96. The summed E-state index contributed by atoms with van der Waals surface area (Å²) in [6.45, 7) is 1.71. The van der Waals surface area contributed by atoms with Crippen LogP contribution in [0.1, 0.15) is 18.9 Å². The molecule has 6 nitrogen and oxygen atoms in total. The first-order chi connectivity index (χ1) is 11.4. The molecule has 3 rings (SSSR count). The molecule has 1 saturated carbocycles. The Balaban J connectivity index is 2.00. The molecule has 1 aliphatic carbocycles. The van der Waals surface area contributed by atoms with E-state index in [1.807, 2.05) is 6.07 Å². The normalized spacial score (nSPS) is 20.4. The first-order valence-corrected chi connectivity index (χ1v) is 7.52. The highest BCUT2D eigenvalue weighted by Gasteiger charge is 2.43. The van der Waals surface area contributed by atoms with Crippen LogP contribution in [0.15, 0.2) is 30.1 Å². The zero-order valence-electron chi connectivity index (χ0n) is 13.1. The van der Waals surface area contributed by atoms with Crippen LogP contribution in [0, 0.1) is 11.3 Å². The molecule has 0 radical (unpaired) electrons. The summed E-state index contributed by atoms with van der Waals surface area (Å²) in [6, 6.07) is 5.24. The number of alkyl halides is 1. The van der Waals surface area contributed by atoms with Crippen molar-refractivity contribution >= 4 is 40.0 Å². The fourth-order valence-electron chi connectivity index (χ4n) is 2.59. The van der Waals surface area contributed by atoms with Gasteiger partial charge in [0.25, 0.3) is 0 Å². The van der Waals surface area contributed by atoms with E-state index in [1.165, 1.54) is 6.21 Å². The minimum atomic E-state index is -1.06. The van der Waals surface area contributed by atoms with Gasteiger partial charge in [0.1, 0.15) is 12.0 Å². The molecular formula is C17H18FN5O. The average molecular weight is 327 g/mol. The summed E-state index contributed by atoms with van der Waals surface area (Å²) in [6.07, 6.45) is 1.95. The molecule has 24 heavy (non-hydrogen) atoms. The van der Waals surface area contributed by atoms with Crippen molar-refractivity contribution in [3.63, 3.8) is 0 Å². The number of carbonyl (C=O) groups excluding carboxylic acids is 1. The van der Waals surface area contributed by atoms with Crippen LogP contribution in [-0.4, -0.2) is 23.3 Å². The number of amides is 1. The third-order valence-corrected chi connectivity index (χ3v) is 4.05. The van der Waals surface area contributed by atoms with E-state index < -0.39 is 12.1 Å². The SMILES string of the molecule is C/C(N)=C(/C=N)c1cc(N)c2cnc(NC(=O)[C@@H]3C[C@@H]3F)cc2c1. The Morgan fingerprint density at radius 3 is 2.75 bits per heavy atom. The van der Waals surface area contributed by atoms with Crippen molar-refractivity contribution in [2.45, 2.75) is 19.5 Å². The lowest BCUT2D eigenvalue weighted by molar-refractivity contribution is -0.117. The molecule has 1 aliphatic rings. The van der Waals surface area contributed by atoms with Crippen molar-refractivity contribution in [1.29, 1.82) is 5.41 Å². The van der Waals surface area contributed by atoms with Gasteiger partial charge in [-0.15, -0.1) is 0 Å². The van der Waals surface area contributed by atoms with Crippen molar-refractivity contribution in [2.24, 2.45) is 11.7 Å². The summed E-state index contributed by atoms with van der Waals surface area (Å²) in [7, 11) is 0. The highest BCUT2D eigenvalue weighted by Crippen LogP contribution is 2.35. The van der Waals surface area contributed by atoms with Gasteiger partial charge in [-0.05, 0) is 42.5 Å².